The number of anilines is 1. The summed E-state index contributed by atoms with van der Waals surface area (Å²) in [5.74, 6) is 1.24. The Morgan fingerprint density at radius 2 is 1.82 bits per heavy atom. The molecule has 0 aliphatic carbocycles. The molecule has 1 saturated heterocycles. The molecule has 5 heterocycles. The van der Waals surface area contributed by atoms with Crippen molar-refractivity contribution < 1.29 is 14.3 Å². The number of morpholine rings is 1. The number of fused-ring (bicyclic) bond motifs is 1. The fourth-order valence-corrected chi connectivity index (χ4v) is 4.64. The van der Waals surface area contributed by atoms with Gasteiger partial charge in [0.25, 0.3) is 0 Å². The minimum absolute atomic E-state index is 0.0516. The quantitative estimate of drug-likeness (QED) is 0.217. The number of carbonyl (C=O) groups excluding carboxylic acids is 1. The van der Waals surface area contributed by atoms with Gasteiger partial charge in [-0.25, -0.2) is 14.3 Å². The molecule has 6 rings (SSSR count). The SMILES string of the molecule is Cc1cc(-c2cc3nc(-n4ccc(-c5ccccc5)n4)cc(N4CCOCC4)n3n2)nn1COC(=O)[C@@H](N)CS. The van der Waals surface area contributed by atoms with Crippen LogP contribution in [0.4, 0.5) is 5.82 Å². The average Bonchev–Trinajstić information content (AvgIpc) is 3.74. The van der Waals surface area contributed by atoms with Crippen LogP contribution in [0.5, 0.6) is 0 Å². The highest BCUT2D eigenvalue weighted by atomic mass is 32.1. The summed E-state index contributed by atoms with van der Waals surface area (Å²) in [5, 5.41) is 14.3. The molecule has 12 nitrogen and oxygen atoms in total. The summed E-state index contributed by atoms with van der Waals surface area (Å²) in [6.45, 7) is 4.56. The Morgan fingerprint density at radius 1 is 1.05 bits per heavy atom. The first kappa shape index (κ1) is 26.0. The first-order valence-electron chi connectivity index (χ1n) is 12.9. The first-order chi connectivity index (χ1) is 19.5. The third kappa shape index (κ3) is 5.18. The zero-order chi connectivity index (χ0) is 27.6. The number of aryl methyl sites for hydroxylation is 1. The molecule has 1 atom stereocenters. The lowest BCUT2D eigenvalue weighted by Gasteiger charge is -2.29. The van der Waals surface area contributed by atoms with Gasteiger partial charge < -0.3 is 20.1 Å². The van der Waals surface area contributed by atoms with Crippen LogP contribution >= 0.6 is 12.6 Å². The second kappa shape index (κ2) is 11.1. The van der Waals surface area contributed by atoms with Gasteiger partial charge in [0, 0.05) is 48.4 Å². The van der Waals surface area contributed by atoms with Gasteiger partial charge in [0.1, 0.15) is 23.2 Å². The summed E-state index contributed by atoms with van der Waals surface area (Å²) in [4.78, 5) is 19.1. The zero-order valence-corrected chi connectivity index (χ0v) is 22.8. The molecule has 1 fully saturated rings. The average molecular weight is 560 g/mol. The number of thiol groups is 1. The van der Waals surface area contributed by atoms with Gasteiger partial charge in [0.05, 0.1) is 18.9 Å². The Bertz CT molecular complexity index is 1640. The van der Waals surface area contributed by atoms with Crippen molar-refractivity contribution in [2.24, 2.45) is 5.73 Å². The zero-order valence-electron chi connectivity index (χ0n) is 21.9. The van der Waals surface area contributed by atoms with Gasteiger partial charge in [0.2, 0.25) is 0 Å². The van der Waals surface area contributed by atoms with E-state index in [4.69, 9.17) is 30.4 Å². The summed E-state index contributed by atoms with van der Waals surface area (Å²) in [7, 11) is 0. The Labute approximate surface area is 235 Å². The minimum atomic E-state index is -0.783. The lowest BCUT2D eigenvalue weighted by molar-refractivity contribution is -0.148. The molecule has 40 heavy (non-hydrogen) atoms. The second-order valence-corrected chi connectivity index (χ2v) is 9.80. The molecule has 13 heteroatoms. The number of hydrogen-bond acceptors (Lipinski definition) is 10. The van der Waals surface area contributed by atoms with Crippen molar-refractivity contribution in [2.75, 3.05) is 37.0 Å². The van der Waals surface area contributed by atoms with Crippen LogP contribution in [-0.2, 0) is 21.0 Å². The Morgan fingerprint density at radius 3 is 2.60 bits per heavy atom. The summed E-state index contributed by atoms with van der Waals surface area (Å²) < 4.78 is 16.1. The molecule has 5 aromatic rings. The molecule has 0 bridgehead atoms. The largest absolute Gasteiger partial charge is 0.441 e. The number of nitrogens with zero attached hydrogens (tertiary/aromatic N) is 8. The lowest BCUT2D eigenvalue weighted by atomic mass is 10.2. The predicted octanol–water partition coefficient (Wildman–Crippen LogP) is 2.35. The standard InChI is InChI=1S/C27H29N9O3S/c1-18-13-22(31-35(18)17-39-27(37)20(28)16-40)23-14-25-29-24(15-26(36(25)32-23)33-9-11-38-12-10-33)34-8-7-21(30-34)19-5-3-2-4-6-19/h2-8,13-15,20,40H,9-12,16-17,28H2,1H3/t20-/m0/s1. The molecular weight excluding hydrogens is 530 g/mol. The predicted molar refractivity (Wildman–Crippen MR) is 152 cm³/mol. The molecular formula is C27H29N9O3S. The van der Waals surface area contributed by atoms with Crippen molar-refractivity contribution in [3.05, 3.63) is 66.5 Å². The van der Waals surface area contributed by atoms with Gasteiger partial charge in [-0.1, -0.05) is 30.3 Å². The summed E-state index contributed by atoms with van der Waals surface area (Å²) in [5.41, 5.74) is 10.3. The van der Waals surface area contributed by atoms with Crippen molar-refractivity contribution in [3.63, 3.8) is 0 Å². The molecule has 206 valence electrons. The van der Waals surface area contributed by atoms with Crippen LogP contribution in [0.1, 0.15) is 5.69 Å². The maximum absolute atomic E-state index is 12.0. The van der Waals surface area contributed by atoms with E-state index in [0.29, 0.717) is 36.1 Å². The third-order valence-electron chi connectivity index (χ3n) is 6.70. The monoisotopic (exact) mass is 559 g/mol. The van der Waals surface area contributed by atoms with Crippen LogP contribution in [0.3, 0.4) is 0 Å². The van der Waals surface area contributed by atoms with Gasteiger partial charge in [-0.05, 0) is 19.1 Å². The first-order valence-corrected chi connectivity index (χ1v) is 13.6. The number of esters is 1. The summed E-state index contributed by atoms with van der Waals surface area (Å²) in [6, 6.07) is 17.0. The Kier molecular flexibility index (Phi) is 7.24. The van der Waals surface area contributed by atoms with Gasteiger partial charge >= 0.3 is 5.97 Å². The molecule has 1 aliphatic heterocycles. The normalized spacial score (nSPS) is 14.5. The number of carbonyl (C=O) groups is 1. The molecule has 0 unspecified atom stereocenters. The van der Waals surface area contributed by atoms with Gasteiger partial charge in [-0.15, -0.1) is 0 Å². The molecule has 4 aromatic heterocycles. The van der Waals surface area contributed by atoms with Gasteiger partial charge in [-0.2, -0.15) is 32.4 Å². The Hall–Kier alpha value is -4.20. The number of aromatic nitrogens is 7. The van der Waals surface area contributed by atoms with Crippen molar-refractivity contribution in [1.82, 2.24) is 34.2 Å². The van der Waals surface area contributed by atoms with Crippen LogP contribution in [0, 0.1) is 6.92 Å². The van der Waals surface area contributed by atoms with E-state index in [1.165, 1.54) is 0 Å². The maximum atomic E-state index is 12.0. The molecule has 0 saturated carbocycles. The van der Waals surface area contributed by atoms with Crippen LogP contribution in [0.15, 0.2) is 60.8 Å². The van der Waals surface area contributed by atoms with E-state index in [1.54, 1.807) is 9.36 Å². The molecule has 1 aromatic carbocycles. The van der Waals surface area contributed by atoms with Crippen LogP contribution < -0.4 is 10.6 Å². The van der Waals surface area contributed by atoms with E-state index in [0.717, 1.165) is 35.9 Å². The van der Waals surface area contributed by atoms with E-state index in [1.807, 2.05) is 72.2 Å². The van der Waals surface area contributed by atoms with E-state index in [2.05, 4.69) is 22.6 Å². The number of benzene rings is 1. The van der Waals surface area contributed by atoms with Crippen molar-refractivity contribution in [3.8, 4) is 28.5 Å². The van der Waals surface area contributed by atoms with Crippen LogP contribution in [0.2, 0.25) is 0 Å². The van der Waals surface area contributed by atoms with Crippen LogP contribution in [0.25, 0.3) is 34.1 Å². The van der Waals surface area contributed by atoms with E-state index < -0.39 is 12.0 Å². The highest BCUT2D eigenvalue weighted by Crippen LogP contribution is 2.26. The number of nitrogens with two attached hydrogens (primary N) is 1. The molecule has 1 aliphatic rings. The molecule has 0 spiro atoms. The van der Waals surface area contributed by atoms with Crippen LogP contribution in [-0.4, -0.2) is 78.2 Å². The second-order valence-electron chi connectivity index (χ2n) is 9.44. The molecule has 2 N–H and O–H groups in total. The van der Waals surface area contributed by atoms with Crippen molar-refractivity contribution >= 4 is 30.1 Å². The third-order valence-corrected chi connectivity index (χ3v) is 7.09. The van der Waals surface area contributed by atoms with E-state index >= 15 is 0 Å². The lowest BCUT2D eigenvalue weighted by Crippen LogP contribution is -2.37. The van der Waals surface area contributed by atoms with Crippen molar-refractivity contribution in [1.29, 1.82) is 0 Å². The minimum Gasteiger partial charge on any atom is -0.441 e. The van der Waals surface area contributed by atoms with E-state index in [-0.39, 0.29) is 12.5 Å². The smallest absolute Gasteiger partial charge is 0.325 e. The topological polar surface area (TPSA) is 131 Å². The van der Waals surface area contributed by atoms with Gasteiger partial charge in [-0.3, -0.25) is 4.79 Å². The molecule has 0 radical (unpaired) electrons. The number of rotatable bonds is 8. The number of hydrogen-bond donors (Lipinski definition) is 2. The Balaban J connectivity index is 1.36. The van der Waals surface area contributed by atoms with E-state index in [9.17, 15) is 4.79 Å². The fraction of sp³-hybridized carbons (Fsp3) is 0.296. The summed E-state index contributed by atoms with van der Waals surface area (Å²) in [6.07, 6.45) is 1.91. The summed E-state index contributed by atoms with van der Waals surface area (Å²) >= 11 is 4.05. The fourth-order valence-electron chi connectivity index (χ4n) is 4.49. The van der Waals surface area contributed by atoms with Crippen molar-refractivity contribution in [2.45, 2.75) is 19.7 Å². The molecule has 0 amide bonds. The highest BCUT2D eigenvalue weighted by molar-refractivity contribution is 7.80. The maximum Gasteiger partial charge on any atom is 0.325 e. The van der Waals surface area contributed by atoms with Gasteiger partial charge in [0.15, 0.2) is 18.2 Å². The number of ether oxygens (including phenoxy) is 2. The highest BCUT2D eigenvalue weighted by Gasteiger charge is 2.21.